The molecule has 1 atom stereocenters. The zero-order valence-corrected chi connectivity index (χ0v) is 17.3. The standard InChI is InChI=1S/C23H27ClN2O3/c24-20-12-19(13-21-22(20)29-11-5-10-28-21)23(27)25-14-18-8-4-9-26(16-18)15-17-6-2-1-3-7-17/h1-3,6-7,12-13,18H,4-5,8-11,14-16H2,(H,25,27). The molecule has 2 heterocycles. The van der Waals surface area contributed by atoms with Gasteiger partial charge in [-0.15, -0.1) is 0 Å². The molecule has 2 aromatic carbocycles. The van der Waals surface area contributed by atoms with Crippen LogP contribution in [0.25, 0.3) is 0 Å². The maximum atomic E-state index is 12.7. The molecule has 4 rings (SSSR count). The van der Waals surface area contributed by atoms with Crippen molar-refractivity contribution in [3.8, 4) is 11.5 Å². The number of hydrogen-bond donors (Lipinski definition) is 1. The minimum Gasteiger partial charge on any atom is -0.489 e. The number of hydrogen-bond acceptors (Lipinski definition) is 4. The fraction of sp³-hybridized carbons (Fsp3) is 0.435. The number of benzene rings is 2. The molecule has 154 valence electrons. The van der Waals surface area contributed by atoms with Gasteiger partial charge in [-0.25, -0.2) is 0 Å². The molecule has 2 aromatic rings. The number of carbonyl (C=O) groups excluding carboxylic acids is 1. The largest absolute Gasteiger partial charge is 0.489 e. The van der Waals surface area contributed by atoms with Gasteiger partial charge in [0.05, 0.1) is 18.2 Å². The molecule has 1 fully saturated rings. The number of ether oxygens (including phenoxy) is 2. The lowest BCUT2D eigenvalue weighted by Gasteiger charge is -2.32. The number of nitrogens with zero attached hydrogens (tertiary/aromatic N) is 1. The zero-order valence-electron chi connectivity index (χ0n) is 16.5. The number of fused-ring (bicyclic) bond motifs is 1. The van der Waals surface area contributed by atoms with E-state index in [1.807, 2.05) is 6.07 Å². The van der Waals surface area contributed by atoms with Crippen LogP contribution in [0.1, 0.15) is 35.2 Å². The van der Waals surface area contributed by atoms with Gasteiger partial charge >= 0.3 is 0 Å². The van der Waals surface area contributed by atoms with Crippen LogP contribution in [0, 0.1) is 5.92 Å². The van der Waals surface area contributed by atoms with Crippen molar-refractivity contribution in [2.24, 2.45) is 5.92 Å². The van der Waals surface area contributed by atoms with Crippen molar-refractivity contribution in [1.29, 1.82) is 0 Å². The van der Waals surface area contributed by atoms with E-state index < -0.39 is 0 Å². The van der Waals surface area contributed by atoms with Crippen LogP contribution < -0.4 is 14.8 Å². The molecule has 2 aliphatic heterocycles. The maximum Gasteiger partial charge on any atom is 0.251 e. The first kappa shape index (κ1) is 20.0. The van der Waals surface area contributed by atoms with Crippen LogP contribution in [0.3, 0.4) is 0 Å². The van der Waals surface area contributed by atoms with Gasteiger partial charge in [0.15, 0.2) is 11.5 Å². The summed E-state index contributed by atoms with van der Waals surface area (Å²) in [6, 6.07) is 13.9. The van der Waals surface area contributed by atoms with Crippen molar-refractivity contribution < 1.29 is 14.3 Å². The van der Waals surface area contributed by atoms with Crippen LogP contribution in [-0.4, -0.2) is 43.7 Å². The van der Waals surface area contributed by atoms with Gasteiger partial charge in [0.25, 0.3) is 5.91 Å². The summed E-state index contributed by atoms with van der Waals surface area (Å²) in [7, 11) is 0. The number of likely N-dealkylation sites (tertiary alicyclic amines) is 1. The summed E-state index contributed by atoms with van der Waals surface area (Å²) >= 11 is 6.32. The first-order chi connectivity index (χ1) is 14.2. The summed E-state index contributed by atoms with van der Waals surface area (Å²) < 4.78 is 11.3. The van der Waals surface area contributed by atoms with Crippen molar-refractivity contribution in [3.05, 3.63) is 58.6 Å². The van der Waals surface area contributed by atoms with Crippen LogP contribution in [0.5, 0.6) is 11.5 Å². The molecule has 1 unspecified atom stereocenters. The summed E-state index contributed by atoms with van der Waals surface area (Å²) in [4.78, 5) is 15.2. The molecule has 0 saturated carbocycles. The van der Waals surface area contributed by atoms with Crippen molar-refractivity contribution >= 4 is 17.5 Å². The molecule has 1 saturated heterocycles. The monoisotopic (exact) mass is 414 g/mol. The Morgan fingerprint density at radius 3 is 2.83 bits per heavy atom. The Morgan fingerprint density at radius 1 is 1.14 bits per heavy atom. The van der Waals surface area contributed by atoms with Crippen molar-refractivity contribution in [2.75, 3.05) is 32.8 Å². The highest BCUT2D eigenvalue weighted by atomic mass is 35.5. The number of piperidine rings is 1. The van der Waals surface area contributed by atoms with Gasteiger partial charge in [0.2, 0.25) is 0 Å². The van der Waals surface area contributed by atoms with Crippen LogP contribution in [0.4, 0.5) is 0 Å². The average molecular weight is 415 g/mol. The van der Waals surface area contributed by atoms with Gasteiger partial charge in [0.1, 0.15) is 0 Å². The summed E-state index contributed by atoms with van der Waals surface area (Å²) in [5.41, 5.74) is 1.84. The fourth-order valence-corrected chi connectivity index (χ4v) is 4.27. The molecule has 5 nitrogen and oxygen atoms in total. The number of nitrogens with one attached hydrogen (secondary N) is 1. The second-order valence-electron chi connectivity index (χ2n) is 7.77. The Balaban J connectivity index is 1.33. The lowest BCUT2D eigenvalue weighted by atomic mass is 9.97. The predicted octanol–water partition coefficient (Wildman–Crippen LogP) is 4.14. The molecule has 0 spiro atoms. The highest BCUT2D eigenvalue weighted by Gasteiger charge is 2.22. The Morgan fingerprint density at radius 2 is 1.97 bits per heavy atom. The molecule has 1 N–H and O–H groups in total. The van der Waals surface area contributed by atoms with E-state index in [-0.39, 0.29) is 5.91 Å². The predicted molar refractivity (Wildman–Crippen MR) is 114 cm³/mol. The number of halogens is 1. The lowest BCUT2D eigenvalue weighted by molar-refractivity contribution is 0.0930. The van der Waals surface area contributed by atoms with Gasteiger partial charge in [-0.2, -0.15) is 0 Å². The van der Waals surface area contributed by atoms with Gasteiger partial charge in [-0.1, -0.05) is 41.9 Å². The van der Waals surface area contributed by atoms with Gasteiger partial charge in [-0.05, 0) is 43.0 Å². The molecule has 0 bridgehead atoms. The highest BCUT2D eigenvalue weighted by Crippen LogP contribution is 2.38. The van der Waals surface area contributed by atoms with E-state index in [2.05, 4.69) is 34.5 Å². The van der Waals surface area contributed by atoms with Gasteiger partial charge < -0.3 is 14.8 Å². The lowest BCUT2D eigenvalue weighted by Crippen LogP contribution is -2.40. The maximum absolute atomic E-state index is 12.7. The molecular formula is C23H27ClN2O3. The summed E-state index contributed by atoms with van der Waals surface area (Å²) in [6.07, 6.45) is 3.09. The Bertz CT molecular complexity index is 844. The van der Waals surface area contributed by atoms with Crippen molar-refractivity contribution in [1.82, 2.24) is 10.2 Å². The molecule has 0 aliphatic carbocycles. The molecule has 0 radical (unpaired) electrons. The van der Waals surface area contributed by atoms with Crippen LogP contribution in [0.2, 0.25) is 5.02 Å². The van der Waals surface area contributed by atoms with E-state index in [9.17, 15) is 4.79 Å². The molecule has 0 aromatic heterocycles. The molecule has 6 heteroatoms. The van der Waals surface area contributed by atoms with E-state index >= 15 is 0 Å². The SMILES string of the molecule is O=C(NCC1CCCN(Cc2ccccc2)C1)c1cc(Cl)c2c(c1)OCCCO2. The normalized spacial score (nSPS) is 19.4. The Hall–Kier alpha value is -2.24. The summed E-state index contributed by atoms with van der Waals surface area (Å²) in [6.45, 7) is 4.86. The van der Waals surface area contributed by atoms with E-state index in [0.717, 1.165) is 38.9 Å². The first-order valence-corrected chi connectivity index (χ1v) is 10.7. The summed E-state index contributed by atoms with van der Waals surface area (Å²) in [5.74, 6) is 1.41. The van der Waals surface area contributed by atoms with E-state index in [1.165, 1.54) is 5.56 Å². The Labute approximate surface area is 176 Å². The van der Waals surface area contributed by atoms with Crippen LogP contribution in [-0.2, 0) is 6.54 Å². The van der Waals surface area contributed by atoms with Crippen LogP contribution >= 0.6 is 11.6 Å². The van der Waals surface area contributed by atoms with Crippen molar-refractivity contribution in [2.45, 2.75) is 25.8 Å². The van der Waals surface area contributed by atoms with Crippen LogP contribution in [0.15, 0.2) is 42.5 Å². The smallest absolute Gasteiger partial charge is 0.251 e. The Kier molecular flexibility index (Phi) is 6.57. The minimum atomic E-state index is -0.122. The fourth-order valence-electron chi connectivity index (χ4n) is 4.00. The third kappa shape index (κ3) is 5.22. The van der Waals surface area contributed by atoms with E-state index in [4.69, 9.17) is 21.1 Å². The number of carbonyl (C=O) groups is 1. The van der Waals surface area contributed by atoms with Gasteiger partial charge in [0, 0.05) is 31.6 Å². The average Bonchev–Trinajstić information content (AvgIpc) is 2.99. The molecule has 2 aliphatic rings. The van der Waals surface area contributed by atoms with Crippen molar-refractivity contribution in [3.63, 3.8) is 0 Å². The second-order valence-corrected chi connectivity index (χ2v) is 8.18. The highest BCUT2D eigenvalue weighted by molar-refractivity contribution is 6.32. The van der Waals surface area contributed by atoms with E-state index in [0.29, 0.717) is 47.8 Å². The third-order valence-electron chi connectivity index (χ3n) is 5.47. The topological polar surface area (TPSA) is 50.8 Å². The number of amides is 1. The van der Waals surface area contributed by atoms with E-state index in [1.54, 1.807) is 12.1 Å². The third-order valence-corrected chi connectivity index (χ3v) is 5.75. The first-order valence-electron chi connectivity index (χ1n) is 10.3. The zero-order chi connectivity index (χ0) is 20.1. The van der Waals surface area contributed by atoms with Gasteiger partial charge in [-0.3, -0.25) is 9.69 Å². The molecular weight excluding hydrogens is 388 g/mol. The summed E-state index contributed by atoms with van der Waals surface area (Å²) in [5, 5.41) is 3.50. The number of rotatable bonds is 5. The molecule has 29 heavy (non-hydrogen) atoms. The minimum absolute atomic E-state index is 0.122. The molecule has 1 amide bonds. The quantitative estimate of drug-likeness (QED) is 0.798. The second kappa shape index (κ2) is 9.51.